The average Bonchev–Trinajstić information content (AvgIpc) is 3.31. The molecule has 0 aromatic heterocycles. The van der Waals surface area contributed by atoms with Gasteiger partial charge in [0.1, 0.15) is 19.3 Å². The van der Waals surface area contributed by atoms with E-state index in [1.807, 2.05) is 21.1 Å². The molecule has 0 heterocycles. The predicted molar refractivity (Wildman–Crippen MR) is 295 cm³/mol. The topological polar surface area (TPSA) is 94.1 Å². The quantitative estimate of drug-likeness (QED) is 0.0197. The number of allylic oxidation sites excluding steroid dienone is 20. The summed E-state index contributed by atoms with van der Waals surface area (Å²) < 4.78 is 34.8. The fourth-order valence-corrected chi connectivity index (χ4v) is 7.62. The maximum Gasteiger partial charge on any atom is 0.306 e. The lowest BCUT2D eigenvalue weighted by atomic mass is 10.1. The number of phosphoric acid groups is 1. The molecule has 2 atom stereocenters. The van der Waals surface area contributed by atoms with Gasteiger partial charge in [-0.2, -0.15) is 0 Å². The highest BCUT2D eigenvalue weighted by molar-refractivity contribution is 7.45. The first kappa shape index (κ1) is 65.9. The van der Waals surface area contributed by atoms with Crippen LogP contribution in [0.5, 0.6) is 0 Å². The van der Waals surface area contributed by atoms with E-state index in [1.54, 1.807) is 0 Å². The number of unbranched alkanes of at least 4 members (excludes halogenated alkanes) is 15. The summed E-state index contributed by atoms with van der Waals surface area (Å²) in [4.78, 5) is 25.2. The lowest BCUT2D eigenvalue weighted by Crippen LogP contribution is -2.37. The number of nitrogens with zero attached hydrogens (tertiary/aromatic N) is 1. The molecule has 0 spiro atoms. The van der Waals surface area contributed by atoms with Gasteiger partial charge in [-0.05, 0) is 103 Å². The number of carbonyl (C=O) groups is 1. The zero-order chi connectivity index (χ0) is 50.5. The van der Waals surface area contributed by atoms with Crippen LogP contribution in [0.3, 0.4) is 0 Å². The predicted octanol–water partition coefficient (Wildman–Crippen LogP) is 16.6. The van der Waals surface area contributed by atoms with Crippen molar-refractivity contribution in [2.45, 2.75) is 200 Å². The second kappa shape index (κ2) is 51.3. The molecule has 0 saturated heterocycles. The number of rotatable bonds is 49. The number of quaternary nitrogens is 1. The summed E-state index contributed by atoms with van der Waals surface area (Å²) in [5, 5.41) is 0. The Morgan fingerprint density at radius 1 is 0.449 bits per heavy atom. The Morgan fingerprint density at radius 3 is 1.19 bits per heavy atom. The van der Waals surface area contributed by atoms with Gasteiger partial charge in [-0.3, -0.25) is 9.36 Å². The number of carbonyl (C=O) groups excluding carboxylic acids is 1. The number of hydrogen-bond acceptors (Lipinski definition) is 7. The number of likely N-dealkylation sites (N-methyl/N-ethyl adjacent to an activating group) is 1. The van der Waals surface area contributed by atoms with Gasteiger partial charge < -0.3 is 27.9 Å². The Bertz CT molecular complexity index is 1510. The Hall–Kier alpha value is -3.10. The Kier molecular flexibility index (Phi) is 49.0. The van der Waals surface area contributed by atoms with Gasteiger partial charge in [-0.1, -0.05) is 206 Å². The highest BCUT2D eigenvalue weighted by atomic mass is 31.2. The van der Waals surface area contributed by atoms with Crippen molar-refractivity contribution >= 4 is 13.8 Å². The molecular formula is C60H102NO7P. The molecule has 9 heteroatoms. The van der Waals surface area contributed by atoms with Gasteiger partial charge in [0.15, 0.2) is 0 Å². The smallest absolute Gasteiger partial charge is 0.306 e. The standard InChI is InChI=1S/C60H102NO7P/c1-6-8-10-12-14-16-18-20-22-24-26-28-29-30-31-32-34-36-38-40-42-44-46-48-50-52-55-65-57-59(58-67-69(63,64)66-56-54-61(3,4)5)68-60(62)53-51-49-47-45-43-41-39-37-35-33-27-25-23-21-19-17-15-13-11-9-7-2/h8-11,14-17,20-23,26-28,30-31,33,37,39,59H,6-7,12-13,18-19,24-25,29,32,34-36,38,40-58H2,1-5H3/b10-8-,11-9-,16-14-,17-15-,22-20-,23-21-,28-26-,31-30-,33-27-,39-37-. The van der Waals surface area contributed by atoms with Crippen LogP contribution in [0.4, 0.5) is 0 Å². The molecule has 0 amide bonds. The van der Waals surface area contributed by atoms with Gasteiger partial charge in [0.2, 0.25) is 0 Å². The van der Waals surface area contributed by atoms with Crippen LogP contribution in [0.15, 0.2) is 122 Å². The van der Waals surface area contributed by atoms with Crippen LogP contribution in [0.25, 0.3) is 0 Å². The van der Waals surface area contributed by atoms with Crippen molar-refractivity contribution < 1.29 is 37.3 Å². The number of ether oxygens (including phenoxy) is 2. The summed E-state index contributed by atoms with van der Waals surface area (Å²) in [6.07, 6.45) is 73.7. The molecule has 2 unspecified atom stereocenters. The molecule has 0 aliphatic carbocycles. The molecule has 0 bridgehead atoms. The summed E-state index contributed by atoms with van der Waals surface area (Å²) in [5.41, 5.74) is 0. The summed E-state index contributed by atoms with van der Waals surface area (Å²) in [6.45, 7) is 5.13. The maximum atomic E-state index is 12.8. The second-order valence-corrected chi connectivity index (χ2v) is 20.2. The van der Waals surface area contributed by atoms with Gasteiger partial charge >= 0.3 is 5.97 Å². The molecule has 0 rings (SSSR count). The third kappa shape index (κ3) is 55.7. The molecule has 0 radical (unpaired) electrons. The summed E-state index contributed by atoms with van der Waals surface area (Å²) in [6, 6.07) is 0. The molecule has 69 heavy (non-hydrogen) atoms. The first-order valence-electron chi connectivity index (χ1n) is 27.3. The van der Waals surface area contributed by atoms with Crippen molar-refractivity contribution in [3.63, 3.8) is 0 Å². The second-order valence-electron chi connectivity index (χ2n) is 18.8. The molecule has 0 saturated carbocycles. The highest BCUT2D eigenvalue weighted by Crippen LogP contribution is 2.38. The minimum absolute atomic E-state index is 0.0139. The van der Waals surface area contributed by atoms with Crippen molar-refractivity contribution in [3.8, 4) is 0 Å². The fraction of sp³-hybridized carbons (Fsp3) is 0.650. The van der Waals surface area contributed by atoms with E-state index < -0.39 is 13.9 Å². The van der Waals surface area contributed by atoms with E-state index in [9.17, 15) is 14.3 Å². The van der Waals surface area contributed by atoms with Crippen LogP contribution in [0, 0.1) is 0 Å². The number of hydrogen-bond donors (Lipinski definition) is 0. The van der Waals surface area contributed by atoms with E-state index >= 15 is 0 Å². The van der Waals surface area contributed by atoms with E-state index in [0.29, 0.717) is 17.6 Å². The van der Waals surface area contributed by atoms with Gasteiger partial charge in [-0.15, -0.1) is 0 Å². The monoisotopic (exact) mass is 980 g/mol. The van der Waals surface area contributed by atoms with Gasteiger partial charge in [-0.25, -0.2) is 0 Å². The first-order valence-corrected chi connectivity index (χ1v) is 28.7. The van der Waals surface area contributed by atoms with E-state index in [1.165, 1.54) is 57.8 Å². The molecule has 394 valence electrons. The Balaban J connectivity index is 4.19. The molecule has 0 aliphatic heterocycles. The van der Waals surface area contributed by atoms with Gasteiger partial charge in [0.05, 0.1) is 34.4 Å². The highest BCUT2D eigenvalue weighted by Gasteiger charge is 2.20. The number of phosphoric ester groups is 1. The van der Waals surface area contributed by atoms with Crippen LogP contribution in [0.2, 0.25) is 0 Å². The average molecular weight is 980 g/mol. The third-order valence-electron chi connectivity index (χ3n) is 11.0. The normalized spacial score (nSPS) is 14.5. The largest absolute Gasteiger partial charge is 0.756 e. The summed E-state index contributed by atoms with van der Waals surface area (Å²) in [7, 11) is 1.32. The SMILES string of the molecule is CC/C=C\C/C=C\C/C=C\C/C=C\C/C=C\CCCCCCCCCCCCOCC(COP(=O)([O-])OCC[N+](C)(C)C)OC(=O)CCCCCCC/C=C\C/C=C\C/C=C\C/C=C\C/C=C\CC. The van der Waals surface area contributed by atoms with Crippen LogP contribution >= 0.6 is 7.82 Å². The van der Waals surface area contributed by atoms with Crippen molar-refractivity contribution in [2.75, 3.05) is 54.1 Å². The zero-order valence-electron chi connectivity index (χ0n) is 44.7. The zero-order valence-corrected chi connectivity index (χ0v) is 45.6. The van der Waals surface area contributed by atoms with Gasteiger partial charge in [0, 0.05) is 13.0 Å². The van der Waals surface area contributed by atoms with Crippen LogP contribution in [-0.4, -0.2) is 70.7 Å². The maximum absolute atomic E-state index is 12.8. The van der Waals surface area contributed by atoms with E-state index in [-0.39, 0.29) is 32.2 Å². The van der Waals surface area contributed by atoms with E-state index in [4.69, 9.17) is 18.5 Å². The minimum atomic E-state index is -4.55. The van der Waals surface area contributed by atoms with E-state index in [0.717, 1.165) is 116 Å². The van der Waals surface area contributed by atoms with Crippen LogP contribution in [-0.2, 0) is 27.9 Å². The molecule has 8 nitrogen and oxygen atoms in total. The molecule has 0 aromatic rings. The van der Waals surface area contributed by atoms with Crippen molar-refractivity contribution in [1.82, 2.24) is 0 Å². The van der Waals surface area contributed by atoms with Gasteiger partial charge in [0.25, 0.3) is 7.82 Å². The van der Waals surface area contributed by atoms with Crippen molar-refractivity contribution in [3.05, 3.63) is 122 Å². The molecule has 0 aromatic carbocycles. The lowest BCUT2D eigenvalue weighted by Gasteiger charge is -2.28. The summed E-state index contributed by atoms with van der Waals surface area (Å²) >= 11 is 0. The molecular weight excluding hydrogens is 878 g/mol. The molecule has 0 aliphatic rings. The summed E-state index contributed by atoms with van der Waals surface area (Å²) in [5.74, 6) is -0.358. The molecule has 0 N–H and O–H groups in total. The van der Waals surface area contributed by atoms with Crippen molar-refractivity contribution in [2.24, 2.45) is 0 Å². The van der Waals surface area contributed by atoms with Crippen LogP contribution < -0.4 is 4.89 Å². The van der Waals surface area contributed by atoms with Crippen LogP contribution in [0.1, 0.15) is 194 Å². The first-order chi connectivity index (χ1) is 33.6. The molecule has 0 fully saturated rings. The minimum Gasteiger partial charge on any atom is -0.756 e. The van der Waals surface area contributed by atoms with E-state index in [2.05, 4.69) is 135 Å². The Labute approximate surface area is 424 Å². The third-order valence-corrected chi connectivity index (χ3v) is 12.0. The Morgan fingerprint density at radius 2 is 0.797 bits per heavy atom. The fourth-order valence-electron chi connectivity index (χ4n) is 6.89. The van der Waals surface area contributed by atoms with Crippen molar-refractivity contribution in [1.29, 1.82) is 0 Å². The number of esters is 1. The lowest BCUT2D eigenvalue weighted by molar-refractivity contribution is -0.870.